The van der Waals surface area contributed by atoms with Crippen molar-refractivity contribution >= 4 is 21.9 Å². The summed E-state index contributed by atoms with van der Waals surface area (Å²) >= 11 is 0. The summed E-state index contributed by atoms with van der Waals surface area (Å²) in [4.78, 5) is 28.2. The van der Waals surface area contributed by atoms with Crippen LogP contribution in [0.2, 0.25) is 0 Å². The topological polar surface area (TPSA) is 113 Å². The molecule has 0 unspecified atom stereocenters. The number of halogens is 3. The van der Waals surface area contributed by atoms with Gasteiger partial charge in [-0.2, -0.15) is 17.5 Å². The third-order valence-corrected chi connectivity index (χ3v) is 6.93. The Morgan fingerprint density at radius 2 is 1.79 bits per heavy atom. The van der Waals surface area contributed by atoms with Crippen LogP contribution in [0, 0.1) is 0 Å². The van der Waals surface area contributed by atoms with Crippen LogP contribution in [-0.2, 0) is 21.4 Å². The molecule has 1 aromatic carbocycles. The third-order valence-electron chi connectivity index (χ3n) is 4.96. The van der Waals surface area contributed by atoms with Gasteiger partial charge in [0.1, 0.15) is 11.2 Å². The van der Waals surface area contributed by atoms with Crippen LogP contribution in [0.4, 0.5) is 13.2 Å². The Labute approximate surface area is 189 Å². The second kappa shape index (κ2) is 9.91. The van der Waals surface area contributed by atoms with Crippen molar-refractivity contribution in [2.75, 3.05) is 13.1 Å². The molecule has 13 heteroatoms. The van der Waals surface area contributed by atoms with Gasteiger partial charge in [0.05, 0.1) is 17.9 Å². The first-order chi connectivity index (χ1) is 15.3. The van der Waals surface area contributed by atoms with Gasteiger partial charge >= 0.3 is 12.1 Å². The Balaban J connectivity index is 0.000000479. The van der Waals surface area contributed by atoms with Crippen LogP contribution < -0.4 is 0 Å². The van der Waals surface area contributed by atoms with Crippen LogP contribution >= 0.6 is 0 Å². The Kier molecular flexibility index (Phi) is 7.91. The summed E-state index contributed by atoms with van der Waals surface area (Å²) in [6.07, 6.45) is -3.54. The number of carbonyl (C=O) groups is 2. The average Bonchev–Trinajstić information content (AvgIpc) is 3.11. The summed E-state index contributed by atoms with van der Waals surface area (Å²) in [5.41, 5.74) is 1.44. The van der Waals surface area contributed by atoms with Crippen molar-refractivity contribution in [3.63, 3.8) is 0 Å². The second-order valence-corrected chi connectivity index (χ2v) is 9.20. The number of imidazole rings is 1. The van der Waals surface area contributed by atoms with E-state index >= 15 is 0 Å². The lowest BCUT2D eigenvalue weighted by atomic mass is 10.2. The monoisotopic (exact) mass is 490 g/mol. The first-order valence-corrected chi connectivity index (χ1v) is 11.5. The Morgan fingerprint density at radius 3 is 2.27 bits per heavy atom. The summed E-state index contributed by atoms with van der Waals surface area (Å²) in [5, 5.41) is 7.12. The molecule has 1 amide bonds. The van der Waals surface area contributed by atoms with Gasteiger partial charge in [0.25, 0.3) is 5.91 Å². The highest BCUT2D eigenvalue weighted by atomic mass is 32.2. The predicted molar refractivity (Wildman–Crippen MR) is 112 cm³/mol. The standard InChI is InChI=1S/C18H24N4O3S.C2HF3O2/c1-5-20-11-15-17(18(23)21(6-2)13(3)4)19-12-22(15)14-9-7-8-10-16(14)26(20,24)25;3-2(4,5)1(6)7/h7-10,12-13H,5-6,11H2,1-4H3;(H,6,7). The molecule has 0 aliphatic carbocycles. The minimum Gasteiger partial charge on any atom is -0.475 e. The normalized spacial score (nSPS) is 15.0. The van der Waals surface area contributed by atoms with E-state index in [0.29, 0.717) is 30.2 Å². The highest BCUT2D eigenvalue weighted by molar-refractivity contribution is 7.89. The molecule has 1 N–H and O–H groups in total. The molecule has 182 valence electrons. The van der Waals surface area contributed by atoms with Crippen LogP contribution in [0.5, 0.6) is 0 Å². The number of aliphatic carboxylic acids is 1. The van der Waals surface area contributed by atoms with Gasteiger partial charge in [0.2, 0.25) is 10.0 Å². The van der Waals surface area contributed by atoms with E-state index in [1.54, 1.807) is 47.0 Å². The lowest BCUT2D eigenvalue weighted by Crippen LogP contribution is -2.38. The number of benzene rings is 1. The summed E-state index contributed by atoms with van der Waals surface area (Å²) in [5.74, 6) is -2.93. The Hall–Kier alpha value is -2.93. The summed E-state index contributed by atoms with van der Waals surface area (Å²) in [6, 6.07) is 6.86. The molecule has 9 nitrogen and oxygen atoms in total. The number of carbonyl (C=O) groups excluding carboxylic acids is 1. The number of fused-ring (bicyclic) bond motifs is 3. The lowest BCUT2D eigenvalue weighted by molar-refractivity contribution is -0.192. The molecule has 0 saturated carbocycles. The summed E-state index contributed by atoms with van der Waals surface area (Å²) < 4.78 is 60.8. The molecule has 1 aliphatic heterocycles. The molecular weight excluding hydrogens is 465 g/mol. The van der Waals surface area contributed by atoms with Crippen molar-refractivity contribution in [2.24, 2.45) is 0 Å². The summed E-state index contributed by atoms with van der Waals surface area (Å²) in [6.45, 7) is 8.62. The number of amides is 1. The average molecular weight is 491 g/mol. The molecule has 33 heavy (non-hydrogen) atoms. The molecule has 1 aliphatic rings. The molecular formula is C20H25F3N4O5S. The molecule has 1 aromatic heterocycles. The highest BCUT2D eigenvalue weighted by Crippen LogP contribution is 2.31. The van der Waals surface area contributed by atoms with Crippen molar-refractivity contribution in [3.8, 4) is 5.69 Å². The first-order valence-electron chi connectivity index (χ1n) is 10.0. The van der Waals surface area contributed by atoms with Gasteiger partial charge in [-0.15, -0.1) is 0 Å². The number of rotatable bonds is 4. The van der Waals surface area contributed by atoms with Crippen LogP contribution in [0.25, 0.3) is 5.69 Å². The highest BCUT2D eigenvalue weighted by Gasteiger charge is 2.38. The van der Waals surface area contributed by atoms with Gasteiger partial charge in [-0.1, -0.05) is 19.1 Å². The van der Waals surface area contributed by atoms with E-state index in [0.717, 1.165) is 0 Å². The molecule has 0 bridgehead atoms. The molecule has 0 atom stereocenters. The number of alkyl halides is 3. The van der Waals surface area contributed by atoms with E-state index in [1.165, 1.54) is 4.31 Å². The van der Waals surface area contributed by atoms with Crippen molar-refractivity contribution in [3.05, 3.63) is 42.0 Å². The summed E-state index contributed by atoms with van der Waals surface area (Å²) in [7, 11) is -3.63. The maximum atomic E-state index is 13.0. The quantitative estimate of drug-likeness (QED) is 0.705. The van der Waals surface area contributed by atoms with Crippen LogP contribution in [0.1, 0.15) is 43.9 Å². The Morgan fingerprint density at radius 1 is 1.21 bits per heavy atom. The fourth-order valence-corrected chi connectivity index (χ4v) is 4.93. The molecule has 2 aromatic rings. The first kappa shape index (κ1) is 26.3. The van der Waals surface area contributed by atoms with Crippen molar-refractivity contribution in [2.45, 2.75) is 51.4 Å². The number of carboxylic acid groups (broad SMARTS) is 1. The molecule has 0 radical (unpaired) electrons. The lowest BCUT2D eigenvalue weighted by Gasteiger charge is -2.25. The van der Waals surface area contributed by atoms with Crippen LogP contribution in [0.15, 0.2) is 35.5 Å². The molecule has 0 saturated heterocycles. The smallest absolute Gasteiger partial charge is 0.475 e. The number of sulfonamides is 1. The molecule has 2 heterocycles. The predicted octanol–water partition coefficient (Wildman–Crippen LogP) is 2.90. The zero-order valence-corrected chi connectivity index (χ0v) is 19.3. The zero-order valence-electron chi connectivity index (χ0n) is 18.5. The fraction of sp³-hybridized carbons (Fsp3) is 0.450. The molecule has 0 spiro atoms. The van der Waals surface area contributed by atoms with Gasteiger partial charge in [0.15, 0.2) is 5.69 Å². The minimum absolute atomic E-state index is 0.0360. The van der Waals surface area contributed by atoms with Crippen LogP contribution in [-0.4, -0.2) is 69.5 Å². The van der Waals surface area contributed by atoms with E-state index in [4.69, 9.17) is 9.90 Å². The van der Waals surface area contributed by atoms with Gasteiger partial charge in [-0.25, -0.2) is 18.2 Å². The third kappa shape index (κ3) is 5.36. The van der Waals surface area contributed by atoms with Gasteiger partial charge in [-0.05, 0) is 32.9 Å². The molecule has 0 fully saturated rings. The van der Waals surface area contributed by atoms with Crippen molar-refractivity contribution < 1.29 is 36.3 Å². The maximum absolute atomic E-state index is 13.0. The molecule has 3 rings (SSSR count). The number of para-hydroxylation sites is 1. The van der Waals surface area contributed by atoms with Crippen molar-refractivity contribution in [1.29, 1.82) is 0 Å². The number of nitrogens with zero attached hydrogens (tertiary/aromatic N) is 4. The minimum atomic E-state index is -5.08. The van der Waals surface area contributed by atoms with Crippen LogP contribution in [0.3, 0.4) is 0 Å². The second-order valence-electron chi connectivity index (χ2n) is 7.30. The Bertz CT molecular complexity index is 1130. The van der Waals surface area contributed by atoms with E-state index in [-0.39, 0.29) is 23.4 Å². The van der Waals surface area contributed by atoms with E-state index in [1.807, 2.05) is 20.8 Å². The van der Waals surface area contributed by atoms with Gasteiger partial charge < -0.3 is 10.0 Å². The SMILES string of the molecule is CCN(C(=O)c1ncn2c1CN(CC)S(=O)(=O)c1ccccc1-2)C(C)C.O=C(O)C(F)(F)F. The van der Waals surface area contributed by atoms with E-state index in [9.17, 15) is 26.4 Å². The number of hydrogen-bond acceptors (Lipinski definition) is 5. The largest absolute Gasteiger partial charge is 0.490 e. The maximum Gasteiger partial charge on any atom is 0.490 e. The zero-order chi connectivity index (χ0) is 25.1. The van der Waals surface area contributed by atoms with Gasteiger partial charge in [0, 0.05) is 19.1 Å². The number of carboxylic acids is 1. The van der Waals surface area contributed by atoms with Crippen molar-refractivity contribution in [1.82, 2.24) is 18.8 Å². The van der Waals surface area contributed by atoms with E-state index in [2.05, 4.69) is 4.98 Å². The number of hydrogen-bond donors (Lipinski definition) is 1. The number of aromatic nitrogens is 2. The van der Waals surface area contributed by atoms with Gasteiger partial charge in [-0.3, -0.25) is 9.36 Å². The van der Waals surface area contributed by atoms with E-state index < -0.39 is 22.2 Å². The fourth-order valence-electron chi connectivity index (χ4n) is 3.34.